The number of halogens is 1. The van der Waals surface area contributed by atoms with E-state index >= 15 is 0 Å². The number of aromatic nitrogens is 2. The molecule has 0 saturated carbocycles. The summed E-state index contributed by atoms with van der Waals surface area (Å²) in [6.07, 6.45) is 0. The molecule has 1 aromatic heterocycles. The Balaban J connectivity index is 2.47. The lowest BCUT2D eigenvalue weighted by molar-refractivity contribution is 0.662. The quantitative estimate of drug-likeness (QED) is 0.814. The molecule has 0 atom stereocenters. The Hall–Kier alpha value is -2.12. The van der Waals surface area contributed by atoms with Gasteiger partial charge in [-0.2, -0.15) is 10.4 Å². The molecular formula is C12H8ClN3O. The van der Waals surface area contributed by atoms with E-state index in [0.29, 0.717) is 10.7 Å². The van der Waals surface area contributed by atoms with Crippen LogP contribution in [0.4, 0.5) is 0 Å². The van der Waals surface area contributed by atoms with Crippen LogP contribution in [0.3, 0.4) is 0 Å². The molecule has 0 aliphatic rings. The van der Waals surface area contributed by atoms with Crippen LogP contribution in [0.25, 0.3) is 11.3 Å². The summed E-state index contributed by atoms with van der Waals surface area (Å²) in [5.41, 5.74) is 1.20. The summed E-state index contributed by atoms with van der Waals surface area (Å²) in [5.74, 6) is 0. The van der Waals surface area contributed by atoms with E-state index < -0.39 is 0 Å². The van der Waals surface area contributed by atoms with Gasteiger partial charge in [0, 0.05) is 16.7 Å². The first-order chi connectivity index (χ1) is 8.20. The Morgan fingerprint density at radius 2 is 1.94 bits per heavy atom. The van der Waals surface area contributed by atoms with E-state index in [-0.39, 0.29) is 12.1 Å². The van der Waals surface area contributed by atoms with Gasteiger partial charge in [-0.3, -0.25) is 4.79 Å². The number of hydrogen-bond acceptors (Lipinski definition) is 3. The fraction of sp³-hybridized carbons (Fsp3) is 0.0833. The van der Waals surface area contributed by atoms with Crippen LogP contribution < -0.4 is 5.56 Å². The number of hydrogen-bond donors (Lipinski definition) is 0. The van der Waals surface area contributed by atoms with Crippen molar-refractivity contribution in [3.05, 3.63) is 51.8 Å². The number of rotatable bonds is 2. The molecule has 0 aliphatic heterocycles. The second-order valence-corrected chi connectivity index (χ2v) is 3.82. The highest BCUT2D eigenvalue weighted by Crippen LogP contribution is 2.18. The van der Waals surface area contributed by atoms with Crippen LogP contribution >= 0.6 is 11.6 Å². The molecular weight excluding hydrogens is 238 g/mol. The minimum Gasteiger partial charge on any atom is -0.268 e. The Kier molecular flexibility index (Phi) is 3.22. The molecule has 0 aliphatic carbocycles. The van der Waals surface area contributed by atoms with Crippen molar-refractivity contribution in [2.75, 3.05) is 0 Å². The largest absolute Gasteiger partial charge is 0.268 e. The first kappa shape index (κ1) is 11.4. The lowest BCUT2D eigenvalue weighted by Crippen LogP contribution is -2.21. The summed E-state index contributed by atoms with van der Waals surface area (Å²) < 4.78 is 1.13. The summed E-state index contributed by atoms with van der Waals surface area (Å²) in [6.45, 7) is -0.0553. The Bertz CT molecular complexity index is 625. The summed E-state index contributed by atoms with van der Waals surface area (Å²) >= 11 is 5.79. The molecule has 0 bridgehead atoms. The van der Waals surface area contributed by atoms with Gasteiger partial charge in [0.25, 0.3) is 5.56 Å². The Morgan fingerprint density at radius 3 is 2.59 bits per heavy atom. The van der Waals surface area contributed by atoms with Crippen LogP contribution in [0.1, 0.15) is 0 Å². The second kappa shape index (κ2) is 4.81. The van der Waals surface area contributed by atoms with Crippen LogP contribution in [-0.2, 0) is 6.54 Å². The molecule has 17 heavy (non-hydrogen) atoms. The first-order valence-corrected chi connectivity index (χ1v) is 5.29. The molecule has 0 saturated heterocycles. The molecule has 5 heteroatoms. The standard InChI is InChI=1S/C12H8ClN3O/c13-10-3-1-9(2-4-10)11-5-6-12(17)16(15-11)8-7-14/h1-6H,8H2. The van der Waals surface area contributed by atoms with Crippen LogP contribution in [0, 0.1) is 11.3 Å². The maximum atomic E-state index is 11.4. The molecule has 0 fully saturated rings. The van der Waals surface area contributed by atoms with Gasteiger partial charge < -0.3 is 0 Å². The molecule has 0 radical (unpaired) electrons. The molecule has 84 valence electrons. The van der Waals surface area contributed by atoms with Gasteiger partial charge in [-0.05, 0) is 18.2 Å². The van der Waals surface area contributed by atoms with Gasteiger partial charge in [0.15, 0.2) is 0 Å². The zero-order chi connectivity index (χ0) is 12.3. The van der Waals surface area contributed by atoms with Crippen molar-refractivity contribution in [1.29, 1.82) is 5.26 Å². The fourth-order valence-electron chi connectivity index (χ4n) is 1.40. The third-order valence-electron chi connectivity index (χ3n) is 2.23. The van der Waals surface area contributed by atoms with Crippen molar-refractivity contribution in [1.82, 2.24) is 9.78 Å². The lowest BCUT2D eigenvalue weighted by atomic mass is 10.1. The molecule has 0 unspecified atom stereocenters. The Labute approximate surface area is 103 Å². The molecule has 0 N–H and O–H groups in total. The second-order valence-electron chi connectivity index (χ2n) is 3.38. The maximum absolute atomic E-state index is 11.4. The number of nitrogens with zero attached hydrogens (tertiary/aromatic N) is 3. The van der Waals surface area contributed by atoms with Crippen molar-refractivity contribution >= 4 is 11.6 Å². The molecule has 0 spiro atoms. The van der Waals surface area contributed by atoms with Crippen LogP contribution in [0.2, 0.25) is 5.02 Å². The molecule has 1 heterocycles. The molecule has 2 rings (SSSR count). The van der Waals surface area contributed by atoms with E-state index in [1.807, 2.05) is 18.2 Å². The van der Waals surface area contributed by atoms with E-state index in [9.17, 15) is 4.79 Å². The normalized spacial score (nSPS) is 9.88. The van der Waals surface area contributed by atoms with E-state index in [1.165, 1.54) is 6.07 Å². The third kappa shape index (κ3) is 2.52. The lowest BCUT2D eigenvalue weighted by Gasteiger charge is -2.03. The smallest absolute Gasteiger partial charge is 0.267 e. The van der Waals surface area contributed by atoms with Gasteiger partial charge in [0.05, 0.1) is 11.8 Å². The summed E-state index contributed by atoms with van der Waals surface area (Å²) in [6, 6.07) is 12.0. The van der Waals surface area contributed by atoms with E-state index in [0.717, 1.165) is 10.2 Å². The van der Waals surface area contributed by atoms with Crippen LogP contribution in [0.5, 0.6) is 0 Å². The molecule has 4 nitrogen and oxygen atoms in total. The summed E-state index contributed by atoms with van der Waals surface area (Å²) in [4.78, 5) is 11.4. The third-order valence-corrected chi connectivity index (χ3v) is 2.48. The molecule has 0 amide bonds. The minimum atomic E-state index is -0.288. The molecule has 2 aromatic rings. The summed E-state index contributed by atoms with van der Waals surface area (Å²) in [7, 11) is 0. The highest BCUT2D eigenvalue weighted by atomic mass is 35.5. The number of nitriles is 1. The van der Waals surface area contributed by atoms with Crippen molar-refractivity contribution in [3.63, 3.8) is 0 Å². The van der Waals surface area contributed by atoms with Gasteiger partial charge >= 0.3 is 0 Å². The maximum Gasteiger partial charge on any atom is 0.267 e. The topological polar surface area (TPSA) is 58.7 Å². The van der Waals surface area contributed by atoms with Crippen LogP contribution in [0.15, 0.2) is 41.2 Å². The fourth-order valence-corrected chi connectivity index (χ4v) is 1.53. The van der Waals surface area contributed by atoms with Crippen molar-refractivity contribution in [2.24, 2.45) is 0 Å². The Morgan fingerprint density at radius 1 is 1.24 bits per heavy atom. The SMILES string of the molecule is N#CCn1nc(-c2ccc(Cl)cc2)ccc1=O. The zero-order valence-corrected chi connectivity index (χ0v) is 9.55. The predicted octanol–water partition coefficient (Wildman–Crippen LogP) is 2.09. The van der Waals surface area contributed by atoms with E-state index in [1.54, 1.807) is 18.2 Å². The summed E-state index contributed by atoms with van der Waals surface area (Å²) in [5, 5.41) is 13.3. The minimum absolute atomic E-state index is 0.0553. The molecule has 1 aromatic carbocycles. The van der Waals surface area contributed by atoms with Gasteiger partial charge in [-0.1, -0.05) is 23.7 Å². The van der Waals surface area contributed by atoms with Gasteiger partial charge in [-0.25, -0.2) is 4.68 Å². The monoisotopic (exact) mass is 245 g/mol. The number of benzene rings is 1. The zero-order valence-electron chi connectivity index (χ0n) is 8.80. The van der Waals surface area contributed by atoms with Crippen LogP contribution in [-0.4, -0.2) is 9.78 Å². The average molecular weight is 246 g/mol. The van der Waals surface area contributed by atoms with Crippen molar-refractivity contribution < 1.29 is 0 Å². The van der Waals surface area contributed by atoms with Crippen molar-refractivity contribution in [2.45, 2.75) is 6.54 Å². The van der Waals surface area contributed by atoms with E-state index in [4.69, 9.17) is 16.9 Å². The average Bonchev–Trinajstić information content (AvgIpc) is 2.33. The first-order valence-electron chi connectivity index (χ1n) is 4.92. The van der Waals surface area contributed by atoms with Gasteiger partial charge in [-0.15, -0.1) is 0 Å². The van der Waals surface area contributed by atoms with Crippen molar-refractivity contribution in [3.8, 4) is 17.3 Å². The van der Waals surface area contributed by atoms with Gasteiger partial charge in [0.1, 0.15) is 6.54 Å². The predicted molar refractivity (Wildman–Crippen MR) is 64.6 cm³/mol. The highest BCUT2D eigenvalue weighted by Gasteiger charge is 2.02. The van der Waals surface area contributed by atoms with E-state index in [2.05, 4.69) is 5.10 Å². The van der Waals surface area contributed by atoms with Gasteiger partial charge in [0.2, 0.25) is 0 Å². The highest BCUT2D eigenvalue weighted by molar-refractivity contribution is 6.30.